The second-order valence-corrected chi connectivity index (χ2v) is 5.03. The maximum absolute atomic E-state index is 12.5. The largest absolute Gasteiger partial charge is 0.396 e. The zero-order chi connectivity index (χ0) is 15.4. The van der Waals surface area contributed by atoms with Gasteiger partial charge in [0.25, 0.3) is 11.7 Å². The Morgan fingerprint density at radius 3 is 2.62 bits per heavy atom. The number of carbonyl (C=O) groups is 1. The molecule has 5 nitrogen and oxygen atoms in total. The summed E-state index contributed by atoms with van der Waals surface area (Å²) in [5.41, 5.74) is 11.6. The standard InChI is InChI=1S/C13H12F2N4OS/c14-13(15)21-10-4-2-1-3-8(10)18-12-7(16)5-6-9(19-12)11(17)20/h1-6,13H,16H2,(H2,17,20)(H,18,19). The zero-order valence-corrected chi connectivity index (χ0v) is 11.5. The highest BCUT2D eigenvalue weighted by atomic mass is 32.2. The van der Waals surface area contributed by atoms with Crippen LogP contribution in [0.1, 0.15) is 10.5 Å². The number of nitrogens with one attached hydrogen (secondary N) is 1. The van der Waals surface area contributed by atoms with Crippen molar-refractivity contribution >= 4 is 34.9 Å². The predicted octanol–water partition coefficient (Wildman–Crippen LogP) is 2.82. The first-order valence-electron chi connectivity index (χ1n) is 5.84. The summed E-state index contributed by atoms with van der Waals surface area (Å²) in [5.74, 6) is -3.06. The van der Waals surface area contributed by atoms with E-state index < -0.39 is 11.7 Å². The number of hydrogen-bond acceptors (Lipinski definition) is 5. The number of pyridine rings is 1. The van der Waals surface area contributed by atoms with Gasteiger partial charge in [0.05, 0.1) is 11.4 Å². The average Bonchev–Trinajstić information content (AvgIpc) is 2.42. The fourth-order valence-electron chi connectivity index (χ4n) is 1.60. The van der Waals surface area contributed by atoms with Crippen LogP contribution < -0.4 is 16.8 Å². The van der Waals surface area contributed by atoms with Crippen molar-refractivity contribution in [2.75, 3.05) is 11.1 Å². The highest BCUT2D eigenvalue weighted by Gasteiger charge is 2.12. The molecule has 1 aromatic heterocycles. The predicted molar refractivity (Wildman–Crippen MR) is 78.8 cm³/mol. The van der Waals surface area contributed by atoms with E-state index in [1.807, 2.05) is 0 Å². The third-order valence-corrected chi connectivity index (χ3v) is 3.32. The molecule has 0 fully saturated rings. The number of primary amides is 1. The van der Waals surface area contributed by atoms with Crippen LogP contribution in [0.4, 0.5) is 26.0 Å². The van der Waals surface area contributed by atoms with E-state index in [1.54, 1.807) is 24.3 Å². The fourth-order valence-corrected chi connectivity index (χ4v) is 2.20. The van der Waals surface area contributed by atoms with Gasteiger partial charge in [-0.1, -0.05) is 23.9 Å². The van der Waals surface area contributed by atoms with Gasteiger partial charge in [-0.05, 0) is 24.3 Å². The number of aromatic nitrogens is 1. The Morgan fingerprint density at radius 1 is 1.24 bits per heavy atom. The van der Waals surface area contributed by atoms with E-state index in [9.17, 15) is 13.6 Å². The van der Waals surface area contributed by atoms with Gasteiger partial charge < -0.3 is 16.8 Å². The molecule has 0 spiro atoms. The lowest BCUT2D eigenvalue weighted by Gasteiger charge is -2.12. The molecule has 0 atom stereocenters. The van der Waals surface area contributed by atoms with E-state index >= 15 is 0 Å². The molecule has 2 aromatic rings. The SMILES string of the molecule is NC(=O)c1ccc(N)c(Nc2ccccc2SC(F)F)n1. The van der Waals surface area contributed by atoms with Crippen molar-refractivity contribution in [1.82, 2.24) is 4.98 Å². The first-order chi connectivity index (χ1) is 9.97. The van der Waals surface area contributed by atoms with E-state index in [0.717, 1.165) is 0 Å². The molecule has 0 saturated heterocycles. The van der Waals surface area contributed by atoms with Gasteiger partial charge in [0, 0.05) is 4.90 Å². The molecule has 0 aliphatic carbocycles. The molecule has 1 heterocycles. The number of alkyl halides is 2. The third kappa shape index (κ3) is 3.82. The van der Waals surface area contributed by atoms with E-state index in [1.165, 1.54) is 12.1 Å². The average molecular weight is 310 g/mol. The number of anilines is 3. The summed E-state index contributed by atoms with van der Waals surface area (Å²) in [7, 11) is 0. The summed E-state index contributed by atoms with van der Waals surface area (Å²) in [5, 5.41) is 2.84. The van der Waals surface area contributed by atoms with E-state index in [-0.39, 0.29) is 17.2 Å². The third-order valence-electron chi connectivity index (χ3n) is 2.54. The van der Waals surface area contributed by atoms with Gasteiger partial charge in [0.2, 0.25) is 0 Å². The molecular weight excluding hydrogens is 298 g/mol. The minimum atomic E-state index is -2.55. The summed E-state index contributed by atoms with van der Waals surface area (Å²) in [6, 6.07) is 9.36. The number of thioether (sulfide) groups is 1. The lowest BCUT2D eigenvalue weighted by Crippen LogP contribution is -2.14. The second-order valence-electron chi connectivity index (χ2n) is 4.00. The van der Waals surface area contributed by atoms with Gasteiger partial charge >= 0.3 is 0 Å². The Kier molecular flexibility index (Phi) is 4.59. The Morgan fingerprint density at radius 2 is 1.95 bits per heavy atom. The maximum Gasteiger partial charge on any atom is 0.288 e. The van der Waals surface area contributed by atoms with E-state index in [4.69, 9.17) is 11.5 Å². The number of carbonyl (C=O) groups excluding carboxylic acids is 1. The monoisotopic (exact) mass is 310 g/mol. The molecule has 1 amide bonds. The van der Waals surface area contributed by atoms with Gasteiger partial charge in [0.15, 0.2) is 5.82 Å². The molecule has 1 aromatic carbocycles. The number of para-hydroxylation sites is 1. The molecule has 0 aliphatic rings. The molecule has 0 bridgehead atoms. The maximum atomic E-state index is 12.5. The quantitative estimate of drug-likeness (QED) is 0.738. The van der Waals surface area contributed by atoms with Gasteiger partial charge in [0.1, 0.15) is 5.69 Å². The van der Waals surface area contributed by atoms with Crippen molar-refractivity contribution in [1.29, 1.82) is 0 Å². The highest BCUT2D eigenvalue weighted by molar-refractivity contribution is 7.99. The molecule has 110 valence electrons. The number of amides is 1. The second kappa shape index (κ2) is 6.40. The number of nitrogens with zero attached hydrogens (tertiary/aromatic N) is 1. The van der Waals surface area contributed by atoms with Crippen LogP contribution in [0.15, 0.2) is 41.3 Å². The Hall–Kier alpha value is -2.35. The zero-order valence-electron chi connectivity index (χ0n) is 10.7. The summed E-state index contributed by atoms with van der Waals surface area (Å²) in [6.07, 6.45) is 0. The van der Waals surface area contributed by atoms with Crippen molar-refractivity contribution in [2.24, 2.45) is 5.73 Å². The van der Waals surface area contributed by atoms with Crippen molar-refractivity contribution in [3.63, 3.8) is 0 Å². The van der Waals surface area contributed by atoms with Gasteiger partial charge in [-0.2, -0.15) is 8.78 Å². The molecular formula is C13H12F2N4OS. The van der Waals surface area contributed by atoms with Crippen LogP contribution in [-0.2, 0) is 0 Å². The van der Waals surface area contributed by atoms with Crippen LogP contribution in [0, 0.1) is 0 Å². The molecule has 8 heteroatoms. The van der Waals surface area contributed by atoms with Gasteiger partial charge in [-0.3, -0.25) is 4.79 Å². The minimum Gasteiger partial charge on any atom is -0.396 e. The summed E-state index contributed by atoms with van der Waals surface area (Å²) in [4.78, 5) is 15.4. The summed E-state index contributed by atoms with van der Waals surface area (Å²) >= 11 is 0.405. The van der Waals surface area contributed by atoms with E-state index in [0.29, 0.717) is 22.3 Å². The molecule has 21 heavy (non-hydrogen) atoms. The van der Waals surface area contributed by atoms with Crippen LogP contribution in [0.2, 0.25) is 0 Å². The first kappa shape index (κ1) is 15.0. The van der Waals surface area contributed by atoms with Crippen LogP contribution in [0.25, 0.3) is 0 Å². The minimum absolute atomic E-state index is 0.0330. The topological polar surface area (TPSA) is 94.0 Å². The van der Waals surface area contributed by atoms with Crippen molar-refractivity contribution in [3.05, 3.63) is 42.1 Å². The number of benzene rings is 1. The van der Waals surface area contributed by atoms with Crippen molar-refractivity contribution in [3.8, 4) is 0 Å². The van der Waals surface area contributed by atoms with Gasteiger partial charge in [-0.15, -0.1) is 0 Å². The smallest absolute Gasteiger partial charge is 0.288 e. The highest BCUT2D eigenvalue weighted by Crippen LogP contribution is 2.33. The number of nitrogen functional groups attached to an aromatic ring is 1. The number of halogens is 2. The molecule has 2 rings (SSSR count). The first-order valence-corrected chi connectivity index (χ1v) is 6.72. The van der Waals surface area contributed by atoms with Crippen LogP contribution >= 0.6 is 11.8 Å². The number of rotatable bonds is 5. The summed E-state index contributed by atoms with van der Waals surface area (Å²) < 4.78 is 25.0. The molecule has 0 unspecified atom stereocenters. The van der Waals surface area contributed by atoms with Crippen molar-refractivity contribution < 1.29 is 13.6 Å². The van der Waals surface area contributed by atoms with Crippen molar-refractivity contribution in [2.45, 2.75) is 10.7 Å². The van der Waals surface area contributed by atoms with Crippen LogP contribution in [0.5, 0.6) is 0 Å². The molecule has 5 N–H and O–H groups in total. The summed E-state index contributed by atoms with van der Waals surface area (Å²) in [6.45, 7) is 0. The molecule has 0 saturated carbocycles. The van der Waals surface area contributed by atoms with Gasteiger partial charge in [-0.25, -0.2) is 4.98 Å². The number of hydrogen-bond donors (Lipinski definition) is 3. The Balaban J connectivity index is 2.34. The van der Waals surface area contributed by atoms with Crippen LogP contribution in [-0.4, -0.2) is 16.6 Å². The normalized spacial score (nSPS) is 10.6. The van der Waals surface area contributed by atoms with Crippen LogP contribution in [0.3, 0.4) is 0 Å². The molecule has 0 aliphatic heterocycles. The Labute approximate surface area is 123 Å². The lowest BCUT2D eigenvalue weighted by atomic mass is 10.3. The Bertz CT molecular complexity index is 666. The lowest BCUT2D eigenvalue weighted by molar-refractivity contribution is 0.0995. The number of nitrogens with two attached hydrogens (primary N) is 2. The molecule has 0 radical (unpaired) electrons. The van der Waals surface area contributed by atoms with E-state index in [2.05, 4.69) is 10.3 Å². The fraction of sp³-hybridized carbons (Fsp3) is 0.0769.